The van der Waals surface area contributed by atoms with Crippen LogP contribution in [0.3, 0.4) is 0 Å². The van der Waals surface area contributed by atoms with Crippen LogP contribution in [0.4, 0.5) is 0 Å². The van der Waals surface area contributed by atoms with Gasteiger partial charge in [-0.25, -0.2) is 0 Å². The Morgan fingerprint density at radius 1 is 1.22 bits per heavy atom. The Hall–Kier alpha value is -1.16. The molecule has 99 valence electrons. The minimum Gasteiger partial charge on any atom is -0.324 e. The van der Waals surface area contributed by atoms with Crippen molar-refractivity contribution in [3.8, 4) is 0 Å². The van der Waals surface area contributed by atoms with Crippen LogP contribution < -0.4 is 5.73 Å². The van der Waals surface area contributed by atoms with E-state index >= 15 is 0 Å². The summed E-state index contributed by atoms with van der Waals surface area (Å²) < 4.78 is 11.7. The van der Waals surface area contributed by atoms with Gasteiger partial charge in [0.1, 0.15) is 0 Å². The SMILES string of the molecule is CCC(CC)(c1ccc(C([NH])=O)cc1)P(=O)(O)O. The first-order chi connectivity index (χ1) is 8.28. The van der Waals surface area contributed by atoms with Crippen LogP contribution in [0, 0.1) is 0 Å². The standard InChI is InChI=1S/C12H17NO4P/c1-3-12(4-2,18(15,16)17)10-7-5-9(6-8-10)11(13)14/h5-8,13H,3-4H2,1-2H3,(H2,15,16,17). The van der Waals surface area contributed by atoms with Gasteiger partial charge < -0.3 is 9.79 Å². The first-order valence-corrected chi connectivity index (χ1v) is 7.32. The normalized spacial score (nSPS) is 12.4. The molecule has 0 saturated carbocycles. The molecule has 5 nitrogen and oxygen atoms in total. The van der Waals surface area contributed by atoms with Gasteiger partial charge in [-0.1, -0.05) is 26.0 Å². The highest BCUT2D eigenvalue weighted by molar-refractivity contribution is 7.53. The van der Waals surface area contributed by atoms with E-state index < -0.39 is 18.7 Å². The smallest absolute Gasteiger partial charge is 0.324 e. The van der Waals surface area contributed by atoms with E-state index in [-0.39, 0.29) is 5.56 Å². The number of carbonyl (C=O) groups excluding carboxylic acids is 1. The number of rotatable bonds is 5. The fourth-order valence-corrected chi connectivity index (χ4v) is 3.48. The second-order valence-corrected chi connectivity index (χ2v) is 6.13. The summed E-state index contributed by atoms with van der Waals surface area (Å²) in [5.74, 6) is -0.809. The lowest BCUT2D eigenvalue weighted by molar-refractivity contribution is 0.0992. The Morgan fingerprint density at radius 2 is 1.67 bits per heavy atom. The lowest BCUT2D eigenvalue weighted by Crippen LogP contribution is -2.24. The van der Waals surface area contributed by atoms with Gasteiger partial charge in [0.15, 0.2) is 0 Å². The molecular weight excluding hydrogens is 253 g/mol. The number of hydrogen-bond donors (Lipinski definition) is 2. The van der Waals surface area contributed by atoms with Crippen molar-refractivity contribution in [2.45, 2.75) is 31.8 Å². The van der Waals surface area contributed by atoms with Crippen molar-refractivity contribution >= 4 is 13.5 Å². The van der Waals surface area contributed by atoms with E-state index in [4.69, 9.17) is 5.73 Å². The highest BCUT2D eigenvalue weighted by atomic mass is 31.2. The second-order valence-electron chi connectivity index (χ2n) is 4.19. The van der Waals surface area contributed by atoms with Gasteiger partial charge in [0.25, 0.3) is 5.91 Å². The number of amides is 1. The fraction of sp³-hybridized carbons (Fsp3) is 0.417. The van der Waals surface area contributed by atoms with Gasteiger partial charge in [0, 0.05) is 5.56 Å². The van der Waals surface area contributed by atoms with Crippen LogP contribution in [0.15, 0.2) is 24.3 Å². The summed E-state index contributed by atoms with van der Waals surface area (Å²) in [7, 11) is -4.30. The van der Waals surface area contributed by atoms with Crippen molar-refractivity contribution in [2.24, 2.45) is 0 Å². The summed E-state index contributed by atoms with van der Waals surface area (Å²) in [5, 5.41) is -1.21. The van der Waals surface area contributed by atoms with Crippen LogP contribution in [-0.2, 0) is 9.72 Å². The summed E-state index contributed by atoms with van der Waals surface area (Å²) in [6.07, 6.45) is 0.615. The second kappa shape index (κ2) is 5.22. The first kappa shape index (κ1) is 14.9. The lowest BCUT2D eigenvalue weighted by Gasteiger charge is -2.32. The number of hydrogen-bond acceptors (Lipinski definition) is 2. The lowest BCUT2D eigenvalue weighted by atomic mass is 9.92. The van der Waals surface area contributed by atoms with Crippen LogP contribution in [0.25, 0.3) is 0 Å². The molecule has 0 aliphatic heterocycles. The summed E-state index contributed by atoms with van der Waals surface area (Å²) >= 11 is 0. The molecule has 18 heavy (non-hydrogen) atoms. The van der Waals surface area contributed by atoms with Gasteiger partial charge in [-0.15, -0.1) is 0 Å². The van der Waals surface area contributed by atoms with Gasteiger partial charge in [0.2, 0.25) is 0 Å². The maximum atomic E-state index is 11.7. The molecule has 1 rings (SSSR count). The molecule has 1 aromatic rings. The molecule has 1 amide bonds. The summed E-state index contributed by atoms with van der Waals surface area (Å²) in [5.41, 5.74) is 7.68. The molecule has 0 fully saturated rings. The molecule has 0 aromatic heterocycles. The first-order valence-electron chi connectivity index (χ1n) is 5.70. The van der Waals surface area contributed by atoms with Gasteiger partial charge in [0.05, 0.1) is 5.16 Å². The summed E-state index contributed by atoms with van der Waals surface area (Å²) in [6, 6.07) is 5.91. The molecule has 0 aliphatic carbocycles. The molecular formula is C12H17NO4P. The van der Waals surface area contributed by atoms with Gasteiger partial charge in [-0.2, -0.15) is 0 Å². The van der Waals surface area contributed by atoms with Crippen molar-refractivity contribution in [1.29, 1.82) is 0 Å². The van der Waals surface area contributed by atoms with Crippen LogP contribution in [0.2, 0.25) is 0 Å². The van der Waals surface area contributed by atoms with E-state index in [9.17, 15) is 19.1 Å². The minimum atomic E-state index is -4.30. The van der Waals surface area contributed by atoms with Crippen LogP contribution >= 0.6 is 7.60 Å². The third-order valence-electron chi connectivity index (χ3n) is 3.41. The minimum absolute atomic E-state index is 0.213. The Morgan fingerprint density at radius 3 is 1.94 bits per heavy atom. The Labute approximate surface area is 106 Å². The monoisotopic (exact) mass is 270 g/mol. The third kappa shape index (κ3) is 2.48. The topological polar surface area (TPSA) is 98.4 Å². The molecule has 6 heteroatoms. The number of carbonyl (C=O) groups is 1. The Kier molecular flexibility index (Phi) is 4.32. The molecule has 0 unspecified atom stereocenters. The Bertz CT molecular complexity index is 473. The van der Waals surface area contributed by atoms with Crippen LogP contribution in [0.1, 0.15) is 42.6 Å². The molecule has 0 saturated heterocycles. The van der Waals surface area contributed by atoms with E-state index in [1.165, 1.54) is 24.3 Å². The zero-order valence-electron chi connectivity index (χ0n) is 10.4. The predicted molar refractivity (Wildman–Crippen MR) is 68.2 cm³/mol. The zero-order valence-corrected chi connectivity index (χ0v) is 11.3. The van der Waals surface area contributed by atoms with Crippen molar-refractivity contribution in [3.05, 3.63) is 35.4 Å². The predicted octanol–water partition coefficient (Wildman–Crippen LogP) is 2.30. The molecule has 0 atom stereocenters. The van der Waals surface area contributed by atoms with Gasteiger partial charge in [-0.05, 0) is 30.5 Å². The number of benzene rings is 1. The molecule has 0 aliphatic rings. The van der Waals surface area contributed by atoms with Gasteiger partial charge >= 0.3 is 7.60 Å². The summed E-state index contributed by atoms with van der Waals surface area (Å²) in [4.78, 5) is 30.0. The maximum absolute atomic E-state index is 11.7. The van der Waals surface area contributed by atoms with E-state index in [1.54, 1.807) is 13.8 Å². The van der Waals surface area contributed by atoms with Gasteiger partial charge in [-0.3, -0.25) is 15.1 Å². The highest BCUT2D eigenvalue weighted by Gasteiger charge is 2.45. The molecule has 0 bridgehead atoms. The highest BCUT2D eigenvalue weighted by Crippen LogP contribution is 2.60. The van der Waals surface area contributed by atoms with Crippen molar-refractivity contribution < 1.29 is 19.1 Å². The van der Waals surface area contributed by atoms with E-state index in [1.807, 2.05) is 0 Å². The quantitative estimate of drug-likeness (QED) is 0.802. The van der Waals surface area contributed by atoms with Crippen molar-refractivity contribution in [1.82, 2.24) is 5.73 Å². The van der Waals surface area contributed by atoms with Crippen LogP contribution in [0.5, 0.6) is 0 Å². The van der Waals surface area contributed by atoms with E-state index in [0.29, 0.717) is 18.4 Å². The fourth-order valence-electron chi connectivity index (χ4n) is 2.17. The van der Waals surface area contributed by atoms with Crippen molar-refractivity contribution in [2.75, 3.05) is 0 Å². The van der Waals surface area contributed by atoms with E-state index in [0.717, 1.165) is 0 Å². The molecule has 1 radical (unpaired) electrons. The van der Waals surface area contributed by atoms with Crippen molar-refractivity contribution in [3.63, 3.8) is 0 Å². The Balaban J connectivity index is 3.32. The molecule has 1 aromatic carbocycles. The van der Waals surface area contributed by atoms with Crippen LogP contribution in [-0.4, -0.2) is 15.7 Å². The summed E-state index contributed by atoms with van der Waals surface area (Å²) in [6.45, 7) is 3.46. The molecule has 3 N–H and O–H groups in total. The average Bonchev–Trinajstić information content (AvgIpc) is 2.30. The number of nitrogens with one attached hydrogen (secondary N) is 1. The third-order valence-corrected chi connectivity index (χ3v) is 5.42. The largest absolute Gasteiger partial charge is 0.335 e. The zero-order chi connectivity index (χ0) is 14.0. The molecule has 0 spiro atoms. The molecule has 0 heterocycles. The maximum Gasteiger partial charge on any atom is 0.335 e. The average molecular weight is 270 g/mol. The van der Waals surface area contributed by atoms with E-state index in [2.05, 4.69) is 0 Å².